The van der Waals surface area contributed by atoms with E-state index in [1.807, 2.05) is 30.3 Å². The Balaban J connectivity index is 1.80. The number of thioether (sulfide) groups is 1. The van der Waals surface area contributed by atoms with Gasteiger partial charge in [0.25, 0.3) is 0 Å². The first-order valence-corrected chi connectivity index (χ1v) is 6.72. The minimum atomic E-state index is -0.496. The molecule has 2 aromatic rings. The second kappa shape index (κ2) is 6.56. The molecule has 0 saturated carbocycles. The highest BCUT2D eigenvalue weighted by Gasteiger charge is 2.04. The summed E-state index contributed by atoms with van der Waals surface area (Å²) in [4.78, 5) is 8.51. The number of nitrogens with zero attached hydrogens (tertiary/aromatic N) is 2. The first-order valence-electron chi connectivity index (χ1n) is 5.35. The molecule has 94 valence electrons. The number of hydrogen-bond donors (Lipinski definition) is 1. The smallest absolute Gasteiger partial charge is 0.224 e. The number of nitrogens with one attached hydrogen (secondary N) is 1. The Labute approximate surface area is 114 Å². The number of hydrogen-bond acceptors (Lipinski definition) is 4. The van der Waals surface area contributed by atoms with Gasteiger partial charge in [-0.3, -0.25) is 0 Å². The third-order valence-electron chi connectivity index (χ3n) is 2.12. The molecular formula is C12H11ClFN3S. The summed E-state index contributed by atoms with van der Waals surface area (Å²) in [6, 6.07) is 10.0. The van der Waals surface area contributed by atoms with Gasteiger partial charge in [-0.25, -0.2) is 9.37 Å². The number of rotatable bonds is 5. The molecular weight excluding hydrogens is 273 g/mol. The molecule has 0 amide bonds. The molecule has 0 aliphatic rings. The Bertz CT molecular complexity index is 510. The quantitative estimate of drug-likeness (QED) is 0.518. The van der Waals surface area contributed by atoms with Crippen LogP contribution in [-0.4, -0.2) is 22.3 Å². The molecule has 1 N–H and O–H groups in total. The van der Waals surface area contributed by atoms with Crippen LogP contribution in [0.1, 0.15) is 0 Å². The van der Waals surface area contributed by atoms with Gasteiger partial charge in [0.2, 0.25) is 5.28 Å². The first kappa shape index (κ1) is 13.1. The van der Waals surface area contributed by atoms with Crippen molar-refractivity contribution in [3.8, 4) is 0 Å². The first-order chi connectivity index (χ1) is 8.75. The lowest BCUT2D eigenvalue weighted by Crippen LogP contribution is -2.08. The molecule has 1 heterocycles. The molecule has 0 atom stereocenters. The van der Waals surface area contributed by atoms with E-state index >= 15 is 0 Å². The van der Waals surface area contributed by atoms with Crippen molar-refractivity contribution in [2.75, 3.05) is 17.6 Å². The molecule has 18 heavy (non-hydrogen) atoms. The van der Waals surface area contributed by atoms with Gasteiger partial charge in [-0.15, -0.1) is 11.8 Å². The van der Waals surface area contributed by atoms with Crippen molar-refractivity contribution in [2.45, 2.75) is 4.90 Å². The minimum Gasteiger partial charge on any atom is -0.367 e. The van der Waals surface area contributed by atoms with Gasteiger partial charge < -0.3 is 5.32 Å². The van der Waals surface area contributed by atoms with Crippen molar-refractivity contribution in [3.63, 3.8) is 0 Å². The maximum Gasteiger partial charge on any atom is 0.224 e. The zero-order valence-corrected chi connectivity index (χ0v) is 11.0. The molecule has 1 aromatic carbocycles. The van der Waals surface area contributed by atoms with Crippen LogP contribution in [0.4, 0.5) is 10.2 Å². The van der Waals surface area contributed by atoms with Crippen molar-refractivity contribution >= 4 is 29.2 Å². The average Bonchev–Trinajstić information content (AvgIpc) is 2.40. The van der Waals surface area contributed by atoms with Crippen LogP contribution in [0.3, 0.4) is 0 Å². The van der Waals surface area contributed by atoms with E-state index in [0.717, 1.165) is 11.9 Å². The molecule has 0 unspecified atom stereocenters. The fraction of sp³-hybridized carbons (Fsp3) is 0.167. The second-order valence-electron chi connectivity index (χ2n) is 3.42. The molecule has 0 spiro atoms. The molecule has 0 bridgehead atoms. The second-order valence-corrected chi connectivity index (χ2v) is 4.93. The maximum absolute atomic E-state index is 13.3. The molecule has 3 nitrogen and oxygen atoms in total. The van der Waals surface area contributed by atoms with Gasteiger partial charge in [0, 0.05) is 17.2 Å². The molecule has 1 aromatic heterocycles. The van der Waals surface area contributed by atoms with Crippen LogP contribution in [0, 0.1) is 5.82 Å². The van der Waals surface area contributed by atoms with E-state index in [1.54, 1.807) is 11.8 Å². The number of anilines is 1. The van der Waals surface area contributed by atoms with E-state index in [4.69, 9.17) is 11.6 Å². The van der Waals surface area contributed by atoms with Crippen LogP contribution >= 0.6 is 23.4 Å². The fourth-order valence-electron chi connectivity index (χ4n) is 1.32. The van der Waals surface area contributed by atoms with Crippen LogP contribution in [0.25, 0.3) is 0 Å². The molecule has 2 rings (SSSR count). The lowest BCUT2D eigenvalue weighted by Gasteiger charge is -2.06. The van der Waals surface area contributed by atoms with Crippen LogP contribution < -0.4 is 5.32 Å². The molecule has 0 aliphatic carbocycles. The van der Waals surface area contributed by atoms with Crippen molar-refractivity contribution in [3.05, 3.63) is 47.6 Å². The zero-order chi connectivity index (χ0) is 12.8. The lowest BCUT2D eigenvalue weighted by atomic mass is 10.4. The van der Waals surface area contributed by atoms with Crippen LogP contribution in [0.15, 0.2) is 41.4 Å². The molecule has 0 saturated heterocycles. The third-order valence-corrected chi connectivity index (χ3v) is 3.32. The molecule has 0 radical (unpaired) electrons. The Kier molecular flexibility index (Phi) is 4.78. The van der Waals surface area contributed by atoms with Crippen LogP contribution in [0.2, 0.25) is 5.28 Å². The highest BCUT2D eigenvalue weighted by atomic mass is 35.5. The number of benzene rings is 1. The van der Waals surface area contributed by atoms with Gasteiger partial charge in [0.15, 0.2) is 11.6 Å². The predicted octanol–water partition coefficient (Wildman–Crippen LogP) is 3.47. The topological polar surface area (TPSA) is 37.8 Å². The predicted molar refractivity (Wildman–Crippen MR) is 72.7 cm³/mol. The Morgan fingerprint density at radius 1 is 1.28 bits per heavy atom. The summed E-state index contributed by atoms with van der Waals surface area (Å²) in [5.74, 6) is 0.457. The van der Waals surface area contributed by atoms with Gasteiger partial charge in [-0.05, 0) is 23.7 Å². The lowest BCUT2D eigenvalue weighted by molar-refractivity contribution is 0.617. The number of halogens is 2. The van der Waals surface area contributed by atoms with Crippen LogP contribution in [0.5, 0.6) is 0 Å². The molecule has 0 aliphatic heterocycles. The van der Waals surface area contributed by atoms with Gasteiger partial charge in [0.05, 0.1) is 6.20 Å². The zero-order valence-electron chi connectivity index (χ0n) is 9.44. The van der Waals surface area contributed by atoms with E-state index in [-0.39, 0.29) is 11.1 Å². The van der Waals surface area contributed by atoms with Crippen LogP contribution in [-0.2, 0) is 0 Å². The number of aromatic nitrogens is 2. The summed E-state index contributed by atoms with van der Waals surface area (Å²) in [6.07, 6.45) is 1.06. The fourth-order valence-corrected chi connectivity index (χ4v) is 2.25. The summed E-state index contributed by atoms with van der Waals surface area (Å²) < 4.78 is 13.3. The van der Waals surface area contributed by atoms with Crippen molar-refractivity contribution in [1.29, 1.82) is 0 Å². The maximum atomic E-state index is 13.3. The summed E-state index contributed by atoms with van der Waals surface area (Å²) >= 11 is 7.28. The van der Waals surface area contributed by atoms with E-state index in [2.05, 4.69) is 15.3 Å². The Morgan fingerprint density at radius 3 is 2.83 bits per heavy atom. The monoisotopic (exact) mass is 283 g/mol. The summed E-state index contributed by atoms with van der Waals surface area (Å²) in [7, 11) is 0. The van der Waals surface area contributed by atoms with E-state index in [1.165, 1.54) is 4.90 Å². The van der Waals surface area contributed by atoms with Crippen molar-refractivity contribution < 1.29 is 4.39 Å². The standard InChI is InChI=1S/C12H11ClFN3S/c13-12-16-8-10(14)11(17-12)15-6-7-18-9-4-2-1-3-5-9/h1-5,8H,6-7H2,(H,15,16,17). The van der Waals surface area contributed by atoms with E-state index < -0.39 is 5.82 Å². The largest absolute Gasteiger partial charge is 0.367 e. The van der Waals surface area contributed by atoms with E-state index in [9.17, 15) is 4.39 Å². The SMILES string of the molecule is Fc1cnc(Cl)nc1NCCSc1ccccc1. The normalized spacial score (nSPS) is 10.3. The molecule has 0 fully saturated rings. The highest BCUT2D eigenvalue weighted by molar-refractivity contribution is 7.99. The summed E-state index contributed by atoms with van der Waals surface area (Å²) in [5.41, 5.74) is 0. The van der Waals surface area contributed by atoms with Gasteiger partial charge in [-0.1, -0.05) is 18.2 Å². The summed E-state index contributed by atoms with van der Waals surface area (Å²) in [6.45, 7) is 0.601. The molecule has 6 heteroatoms. The highest BCUT2D eigenvalue weighted by Crippen LogP contribution is 2.17. The van der Waals surface area contributed by atoms with E-state index in [0.29, 0.717) is 6.54 Å². The summed E-state index contributed by atoms with van der Waals surface area (Å²) in [5, 5.41) is 2.93. The van der Waals surface area contributed by atoms with Gasteiger partial charge in [0.1, 0.15) is 0 Å². The minimum absolute atomic E-state index is 0.0367. The third kappa shape index (κ3) is 3.85. The Morgan fingerprint density at radius 2 is 2.06 bits per heavy atom. The van der Waals surface area contributed by atoms with Gasteiger partial charge in [-0.2, -0.15) is 4.98 Å². The van der Waals surface area contributed by atoms with Crippen molar-refractivity contribution in [2.24, 2.45) is 0 Å². The average molecular weight is 284 g/mol. The van der Waals surface area contributed by atoms with Crippen molar-refractivity contribution in [1.82, 2.24) is 9.97 Å². The van der Waals surface area contributed by atoms with Gasteiger partial charge >= 0.3 is 0 Å². The Hall–Kier alpha value is -1.33.